The molecule has 0 aliphatic carbocycles. The number of benzene rings is 1. The van der Waals surface area contributed by atoms with E-state index < -0.39 is 14.6 Å². The molecule has 0 aromatic heterocycles. The van der Waals surface area contributed by atoms with Gasteiger partial charge >= 0.3 is 0 Å². The Morgan fingerprint density at radius 2 is 2.08 bits per heavy atom. The van der Waals surface area contributed by atoms with Crippen LogP contribution < -0.4 is 14.8 Å². The van der Waals surface area contributed by atoms with Gasteiger partial charge in [-0.25, -0.2) is 8.42 Å². The second kappa shape index (κ2) is 6.74. The Morgan fingerprint density at radius 1 is 1.32 bits per heavy atom. The van der Waals surface area contributed by atoms with Crippen LogP contribution in [0.15, 0.2) is 23.2 Å². The van der Waals surface area contributed by atoms with E-state index in [4.69, 9.17) is 9.47 Å². The van der Waals surface area contributed by atoms with E-state index in [1.54, 1.807) is 20.9 Å². The molecule has 2 aliphatic rings. The number of nitrogens with one attached hydrogen (secondary N) is 1. The van der Waals surface area contributed by atoms with Crippen molar-refractivity contribution in [2.75, 3.05) is 39.2 Å². The number of sulfone groups is 1. The minimum Gasteiger partial charge on any atom is -0.454 e. The Morgan fingerprint density at radius 3 is 2.80 bits per heavy atom. The zero-order chi connectivity index (χ0) is 18.1. The molecule has 0 atom stereocenters. The quantitative estimate of drug-likeness (QED) is 0.635. The molecular formula is C17H25N3O4S. The van der Waals surface area contributed by atoms with E-state index in [0.29, 0.717) is 19.6 Å². The molecule has 0 amide bonds. The molecule has 1 N–H and O–H groups in total. The number of hydrogen-bond donors (Lipinski definition) is 1. The van der Waals surface area contributed by atoms with Gasteiger partial charge in [-0.15, -0.1) is 0 Å². The lowest BCUT2D eigenvalue weighted by Crippen LogP contribution is -2.57. The van der Waals surface area contributed by atoms with Crippen molar-refractivity contribution in [1.29, 1.82) is 0 Å². The number of nitrogens with zero attached hydrogens (tertiary/aromatic N) is 2. The fraction of sp³-hybridized carbons (Fsp3) is 0.588. The van der Waals surface area contributed by atoms with Gasteiger partial charge in [-0.3, -0.25) is 4.99 Å². The second-order valence-electron chi connectivity index (χ2n) is 6.91. The number of ether oxygens (including phenoxy) is 2. The summed E-state index contributed by atoms with van der Waals surface area (Å²) in [5, 5.41) is 3.33. The van der Waals surface area contributed by atoms with Crippen molar-refractivity contribution >= 4 is 15.8 Å². The summed E-state index contributed by atoms with van der Waals surface area (Å²) >= 11 is 0. The maximum Gasteiger partial charge on any atom is 0.231 e. The molecule has 25 heavy (non-hydrogen) atoms. The van der Waals surface area contributed by atoms with Crippen LogP contribution in [0.1, 0.15) is 19.4 Å². The van der Waals surface area contributed by atoms with E-state index in [-0.39, 0.29) is 12.5 Å². The summed E-state index contributed by atoms with van der Waals surface area (Å²) in [6, 6.07) is 5.93. The van der Waals surface area contributed by atoms with Crippen LogP contribution in [-0.4, -0.2) is 63.3 Å². The first kappa shape index (κ1) is 17.8. The van der Waals surface area contributed by atoms with Crippen LogP contribution in [0.3, 0.4) is 0 Å². The van der Waals surface area contributed by atoms with Gasteiger partial charge in [0.15, 0.2) is 27.3 Å². The van der Waals surface area contributed by atoms with Gasteiger partial charge in [0.1, 0.15) is 0 Å². The van der Waals surface area contributed by atoms with Crippen LogP contribution in [0, 0.1) is 0 Å². The summed E-state index contributed by atoms with van der Waals surface area (Å²) in [6.07, 6.45) is 0.811. The summed E-state index contributed by atoms with van der Waals surface area (Å²) in [5.41, 5.74) is 1.15. The molecule has 0 saturated carbocycles. The van der Waals surface area contributed by atoms with E-state index >= 15 is 0 Å². The second-order valence-corrected chi connectivity index (χ2v) is 9.65. The molecule has 3 rings (SSSR count). The molecule has 7 nitrogen and oxygen atoms in total. The summed E-state index contributed by atoms with van der Waals surface area (Å²) < 4.78 is 34.2. The highest BCUT2D eigenvalue weighted by atomic mass is 32.2. The Kier molecular flexibility index (Phi) is 4.81. The third-order valence-electron chi connectivity index (χ3n) is 4.69. The van der Waals surface area contributed by atoms with Crippen LogP contribution >= 0.6 is 0 Å². The molecule has 1 saturated heterocycles. The van der Waals surface area contributed by atoms with Gasteiger partial charge in [0.2, 0.25) is 6.79 Å². The molecule has 0 bridgehead atoms. The molecule has 1 fully saturated rings. The van der Waals surface area contributed by atoms with Crippen molar-refractivity contribution < 1.29 is 17.9 Å². The highest BCUT2D eigenvalue weighted by Gasteiger charge is 2.40. The third kappa shape index (κ3) is 3.68. The normalized spacial score (nSPS) is 21.2. The predicted molar refractivity (Wildman–Crippen MR) is 97.1 cm³/mol. The number of aliphatic imine (C=N–C) groups is 1. The van der Waals surface area contributed by atoms with Gasteiger partial charge in [-0.1, -0.05) is 6.07 Å². The van der Waals surface area contributed by atoms with E-state index in [9.17, 15) is 8.42 Å². The fourth-order valence-electron chi connectivity index (χ4n) is 3.07. The largest absolute Gasteiger partial charge is 0.454 e. The Balaban J connectivity index is 1.57. The first-order valence-corrected chi connectivity index (χ1v) is 10.0. The van der Waals surface area contributed by atoms with Gasteiger partial charge in [-0.2, -0.15) is 0 Å². The van der Waals surface area contributed by atoms with Gasteiger partial charge in [0.05, 0.1) is 10.5 Å². The molecule has 8 heteroatoms. The summed E-state index contributed by atoms with van der Waals surface area (Å²) in [4.78, 5) is 6.32. The zero-order valence-corrected chi connectivity index (χ0v) is 15.7. The minimum atomic E-state index is -3.06. The van der Waals surface area contributed by atoms with E-state index in [1.165, 1.54) is 0 Å². The standard InChI is InChI=1S/C17H25N3O4S/c1-17(2)11-20(8-9-25(17,21)22)16(18-3)19-7-6-13-4-5-14-15(10-13)24-12-23-14/h4-5,10H,6-9,11-12H2,1-3H3,(H,18,19). The molecule has 138 valence electrons. The molecule has 1 aromatic rings. The Labute approximate surface area is 148 Å². The van der Waals surface area contributed by atoms with E-state index in [0.717, 1.165) is 29.4 Å². The highest BCUT2D eigenvalue weighted by molar-refractivity contribution is 7.92. The lowest BCUT2D eigenvalue weighted by atomic mass is 10.1. The molecule has 1 aromatic carbocycles. The first-order chi connectivity index (χ1) is 11.8. The molecule has 0 spiro atoms. The van der Waals surface area contributed by atoms with E-state index in [1.807, 2.05) is 23.1 Å². The van der Waals surface area contributed by atoms with Crippen molar-refractivity contribution in [3.8, 4) is 11.5 Å². The molecule has 0 unspecified atom stereocenters. The summed E-state index contributed by atoms with van der Waals surface area (Å²) in [5.74, 6) is 2.46. The van der Waals surface area contributed by atoms with Gasteiger partial charge in [-0.05, 0) is 38.0 Å². The lowest BCUT2D eigenvalue weighted by Gasteiger charge is -2.39. The first-order valence-electron chi connectivity index (χ1n) is 8.39. The van der Waals surface area contributed by atoms with Crippen LogP contribution in [-0.2, 0) is 16.3 Å². The molecular weight excluding hydrogens is 342 g/mol. The third-order valence-corrected chi connectivity index (χ3v) is 7.22. The maximum absolute atomic E-state index is 12.1. The van der Waals surface area contributed by atoms with Crippen LogP contribution in [0.5, 0.6) is 11.5 Å². The average Bonchev–Trinajstić information content (AvgIpc) is 3.02. The topological polar surface area (TPSA) is 80.2 Å². The smallest absolute Gasteiger partial charge is 0.231 e. The van der Waals surface area contributed by atoms with Crippen LogP contribution in [0.25, 0.3) is 0 Å². The van der Waals surface area contributed by atoms with Crippen molar-refractivity contribution in [2.24, 2.45) is 4.99 Å². The molecule has 0 radical (unpaired) electrons. The van der Waals surface area contributed by atoms with Crippen molar-refractivity contribution in [3.63, 3.8) is 0 Å². The van der Waals surface area contributed by atoms with Gasteiger partial charge < -0.3 is 19.7 Å². The van der Waals surface area contributed by atoms with Crippen LogP contribution in [0.2, 0.25) is 0 Å². The number of rotatable bonds is 3. The van der Waals surface area contributed by atoms with Crippen LogP contribution in [0.4, 0.5) is 0 Å². The predicted octanol–water partition coefficient (Wildman–Crippen LogP) is 1.04. The highest BCUT2D eigenvalue weighted by Crippen LogP contribution is 2.32. The fourth-order valence-corrected chi connectivity index (χ4v) is 4.44. The Bertz CT molecular complexity index is 774. The maximum atomic E-state index is 12.1. The number of hydrogen-bond acceptors (Lipinski definition) is 5. The molecule has 2 heterocycles. The number of guanidine groups is 1. The van der Waals surface area contributed by atoms with Crippen molar-refractivity contribution in [2.45, 2.75) is 25.0 Å². The molecule has 2 aliphatic heterocycles. The minimum absolute atomic E-state index is 0.156. The van der Waals surface area contributed by atoms with Crippen molar-refractivity contribution in [1.82, 2.24) is 10.2 Å². The van der Waals surface area contributed by atoms with Gasteiger partial charge in [0.25, 0.3) is 0 Å². The monoisotopic (exact) mass is 367 g/mol. The van der Waals surface area contributed by atoms with Gasteiger partial charge in [0, 0.05) is 26.7 Å². The summed E-state index contributed by atoms with van der Waals surface area (Å²) in [6.45, 7) is 5.44. The van der Waals surface area contributed by atoms with E-state index in [2.05, 4.69) is 10.3 Å². The van der Waals surface area contributed by atoms with Crippen molar-refractivity contribution in [3.05, 3.63) is 23.8 Å². The zero-order valence-electron chi connectivity index (χ0n) is 14.9. The average molecular weight is 367 g/mol. The lowest BCUT2D eigenvalue weighted by molar-refractivity contribution is 0.174. The number of fused-ring (bicyclic) bond motifs is 1. The Hall–Kier alpha value is -1.96. The SMILES string of the molecule is CN=C(NCCc1ccc2c(c1)OCO2)N1CCS(=O)(=O)C(C)(C)C1. The summed E-state index contributed by atoms with van der Waals surface area (Å²) in [7, 11) is -1.33.